The highest BCUT2D eigenvalue weighted by molar-refractivity contribution is 9.11. The molecule has 0 heterocycles. The molecule has 0 aliphatic carbocycles. The van der Waals surface area contributed by atoms with Gasteiger partial charge in [-0.15, -0.1) is 0 Å². The number of hydrogen-bond acceptors (Lipinski definition) is 3. The Bertz CT molecular complexity index is 635. The van der Waals surface area contributed by atoms with Gasteiger partial charge in [-0.25, -0.2) is 0 Å². The van der Waals surface area contributed by atoms with Crippen LogP contribution in [0, 0.1) is 11.3 Å². The average molecular weight is 397 g/mol. The van der Waals surface area contributed by atoms with E-state index in [2.05, 4.69) is 31.9 Å². The summed E-state index contributed by atoms with van der Waals surface area (Å²) < 4.78 is 13.0. The van der Waals surface area contributed by atoms with E-state index in [1.807, 2.05) is 24.3 Å². The molecule has 1 atom stereocenters. The third-order valence-electron chi connectivity index (χ3n) is 2.44. The van der Waals surface area contributed by atoms with Crippen LogP contribution in [0.15, 0.2) is 51.4 Å². The largest absolute Gasteiger partial charge is 0.476 e. The SMILES string of the molecule is CC(C#N)Oc1ccc(Oc2ccc(Br)cc2Br)cc1. The molecule has 2 rings (SSSR count). The summed E-state index contributed by atoms with van der Waals surface area (Å²) >= 11 is 6.84. The number of hydrogen-bond donors (Lipinski definition) is 0. The summed E-state index contributed by atoms with van der Waals surface area (Å²) in [6.07, 6.45) is -0.470. The van der Waals surface area contributed by atoms with E-state index in [9.17, 15) is 0 Å². The van der Waals surface area contributed by atoms with Gasteiger partial charge in [0.05, 0.1) is 4.47 Å². The summed E-state index contributed by atoms with van der Waals surface area (Å²) in [6.45, 7) is 1.70. The van der Waals surface area contributed by atoms with Crippen molar-refractivity contribution in [3.8, 4) is 23.3 Å². The molecule has 5 heteroatoms. The summed E-state index contributed by atoms with van der Waals surface area (Å²) in [5.41, 5.74) is 0. The van der Waals surface area contributed by atoms with E-state index in [1.54, 1.807) is 31.2 Å². The van der Waals surface area contributed by atoms with Crippen LogP contribution in [0.5, 0.6) is 17.2 Å². The standard InChI is InChI=1S/C15H11Br2NO2/c1-10(9-18)19-12-3-5-13(6-4-12)20-15-7-2-11(16)8-14(15)17/h2-8,10H,1H3. The molecular weight excluding hydrogens is 386 g/mol. The molecule has 0 amide bonds. The zero-order chi connectivity index (χ0) is 14.5. The zero-order valence-corrected chi connectivity index (χ0v) is 13.8. The Hall–Kier alpha value is -1.51. The van der Waals surface area contributed by atoms with Gasteiger partial charge in [0.25, 0.3) is 0 Å². The van der Waals surface area contributed by atoms with Crippen molar-refractivity contribution < 1.29 is 9.47 Å². The summed E-state index contributed by atoms with van der Waals surface area (Å²) in [4.78, 5) is 0. The van der Waals surface area contributed by atoms with Crippen molar-refractivity contribution >= 4 is 31.9 Å². The Kier molecular flexibility index (Phi) is 5.05. The third-order valence-corrected chi connectivity index (χ3v) is 3.55. The van der Waals surface area contributed by atoms with E-state index in [-0.39, 0.29) is 0 Å². The Morgan fingerprint density at radius 3 is 2.30 bits per heavy atom. The molecular formula is C15H11Br2NO2. The van der Waals surface area contributed by atoms with Gasteiger partial charge in [-0.1, -0.05) is 15.9 Å². The summed E-state index contributed by atoms with van der Waals surface area (Å²) in [5.74, 6) is 2.07. The highest BCUT2D eigenvalue weighted by Gasteiger charge is 2.05. The van der Waals surface area contributed by atoms with Crippen LogP contribution in [0.1, 0.15) is 6.92 Å². The van der Waals surface area contributed by atoms with Crippen molar-refractivity contribution in [3.05, 3.63) is 51.4 Å². The van der Waals surface area contributed by atoms with Gasteiger partial charge in [0, 0.05) is 4.47 Å². The first kappa shape index (κ1) is 14.9. The fraction of sp³-hybridized carbons (Fsp3) is 0.133. The normalized spacial score (nSPS) is 11.5. The lowest BCUT2D eigenvalue weighted by Gasteiger charge is -2.10. The summed E-state index contributed by atoms with van der Waals surface area (Å²) in [5, 5.41) is 8.69. The predicted molar refractivity (Wildman–Crippen MR) is 84.1 cm³/mol. The minimum Gasteiger partial charge on any atom is -0.476 e. The van der Waals surface area contributed by atoms with Gasteiger partial charge in [-0.3, -0.25) is 0 Å². The maximum absolute atomic E-state index is 8.69. The quantitative estimate of drug-likeness (QED) is 0.704. The first-order chi connectivity index (χ1) is 9.58. The van der Waals surface area contributed by atoms with Gasteiger partial charge in [-0.2, -0.15) is 5.26 Å². The maximum Gasteiger partial charge on any atom is 0.181 e. The smallest absolute Gasteiger partial charge is 0.181 e. The number of nitrogens with zero attached hydrogens (tertiary/aromatic N) is 1. The molecule has 0 saturated carbocycles. The molecule has 1 unspecified atom stereocenters. The molecule has 0 radical (unpaired) electrons. The highest BCUT2D eigenvalue weighted by atomic mass is 79.9. The van der Waals surface area contributed by atoms with E-state index in [1.165, 1.54) is 0 Å². The molecule has 20 heavy (non-hydrogen) atoms. The number of nitriles is 1. The zero-order valence-electron chi connectivity index (χ0n) is 10.6. The number of halogens is 2. The first-order valence-corrected chi connectivity index (χ1v) is 7.46. The minimum absolute atomic E-state index is 0.470. The lowest BCUT2D eigenvalue weighted by atomic mass is 10.3. The Balaban J connectivity index is 2.09. The monoisotopic (exact) mass is 395 g/mol. The van der Waals surface area contributed by atoms with Crippen LogP contribution in [0.4, 0.5) is 0 Å². The molecule has 0 aliphatic heterocycles. The molecule has 0 spiro atoms. The van der Waals surface area contributed by atoms with E-state index in [0.717, 1.165) is 14.7 Å². The minimum atomic E-state index is -0.470. The van der Waals surface area contributed by atoms with Gasteiger partial charge in [0.15, 0.2) is 6.10 Å². The van der Waals surface area contributed by atoms with Crippen LogP contribution in [0.3, 0.4) is 0 Å². The van der Waals surface area contributed by atoms with Crippen molar-refractivity contribution in [2.45, 2.75) is 13.0 Å². The van der Waals surface area contributed by atoms with Gasteiger partial charge in [0.2, 0.25) is 0 Å². The molecule has 102 valence electrons. The topological polar surface area (TPSA) is 42.2 Å². The molecule has 2 aromatic rings. The van der Waals surface area contributed by atoms with Crippen molar-refractivity contribution in [1.29, 1.82) is 5.26 Å². The second-order valence-electron chi connectivity index (χ2n) is 4.04. The van der Waals surface area contributed by atoms with E-state index in [4.69, 9.17) is 14.7 Å². The molecule has 0 N–H and O–H groups in total. The molecule has 0 saturated heterocycles. The molecule has 0 aliphatic rings. The molecule has 0 fully saturated rings. The lowest BCUT2D eigenvalue weighted by molar-refractivity contribution is 0.276. The van der Waals surface area contributed by atoms with Gasteiger partial charge in [-0.05, 0) is 65.3 Å². The first-order valence-electron chi connectivity index (χ1n) is 5.88. The number of benzene rings is 2. The summed E-state index contributed by atoms with van der Waals surface area (Å²) in [6, 6.07) is 14.9. The fourth-order valence-electron chi connectivity index (χ4n) is 1.50. The fourth-order valence-corrected chi connectivity index (χ4v) is 2.63. The maximum atomic E-state index is 8.69. The second-order valence-corrected chi connectivity index (χ2v) is 5.81. The van der Waals surface area contributed by atoms with Crippen molar-refractivity contribution in [2.75, 3.05) is 0 Å². The van der Waals surface area contributed by atoms with Crippen LogP contribution in [-0.4, -0.2) is 6.10 Å². The van der Waals surface area contributed by atoms with Gasteiger partial charge >= 0.3 is 0 Å². The van der Waals surface area contributed by atoms with Crippen LogP contribution < -0.4 is 9.47 Å². The third kappa shape index (κ3) is 3.99. The van der Waals surface area contributed by atoms with Crippen LogP contribution in [-0.2, 0) is 0 Å². The Morgan fingerprint density at radius 1 is 1.05 bits per heavy atom. The Morgan fingerprint density at radius 2 is 1.70 bits per heavy atom. The van der Waals surface area contributed by atoms with Crippen molar-refractivity contribution in [1.82, 2.24) is 0 Å². The second kappa shape index (κ2) is 6.78. The summed E-state index contributed by atoms with van der Waals surface area (Å²) in [7, 11) is 0. The van der Waals surface area contributed by atoms with Crippen molar-refractivity contribution in [3.63, 3.8) is 0 Å². The number of rotatable bonds is 4. The van der Waals surface area contributed by atoms with Crippen molar-refractivity contribution in [2.24, 2.45) is 0 Å². The van der Waals surface area contributed by atoms with E-state index < -0.39 is 6.10 Å². The van der Waals surface area contributed by atoms with E-state index >= 15 is 0 Å². The molecule has 0 bridgehead atoms. The highest BCUT2D eigenvalue weighted by Crippen LogP contribution is 2.32. The number of ether oxygens (including phenoxy) is 2. The molecule has 2 aromatic carbocycles. The average Bonchev–Trinajstić information content (AvgIpc) is 2.44. The lowest BCUT2D eigenvalue weighted by Crippen LogP contribution is -2.07. The van der Waals surface area contributed by atoms with E-state index in [0.29, 0.717) is 11.5 Å². The molecule has 0 aromatic heterocycles. The van der Waals surface area contributed by atoms with Gasteiger partial charge in [0.1, 0.15) is 23.3 Å². The van der Waals surface area contributed by atoms with Crippen LogP contribution in [0.2, 0.25) is 0 Å². The van der Waals surface area contributed by atoms with Gasteiger partial charge < -0.3 is 9.47 Å². The van der Waals surface area contributed by atoms with Crippen LogP contribution in [0.25, 0.3) is 0 Å². The molecule has 3 nitrogen and oxygen atoms in total. The van der Waals surface area contributed by atoms with Crippen LogP contribution >= 0.6 is 31.9 Å². The predicted octanol–water partition coefficient (Wildman–Crippen LogP) is 5.29. The Labute approximate surface area is 134 Å².